The van der Waals surface area contributed by atoms with Crippen LogP contribution in [0.1, 0.15) is 32.3 Å². The highest BCUT2D eigenvalue weighted by atomic mass is 35.5. The quantitative estimate of drug-likeness (QED) is 0.875. The van der Waals surface area contributed by atoms with Crippen LogP contribution in [0.3, 0.4) is 0 Å². The average Bonchev–Trinajstić information content (AvgIpc) is 2.47. The second-order valence-electron chi connectivity index (χ2n) is 6.78. The van der Waals surface area contributed by atoms with E-state index < -0.39 is 0 Å². The Kier molecular flexibility index (Phi) is 5.84. The highest BCUT2D eigenvalue weighted by Gasteiger charge is 2.33. The van der Waals surface area contributed by atoms with Gasteiger partial charge in [-0.3, -0.25) is 4.79 Å². The first-order chi connectivity index (χ1) is 10.4. The van der Waals surface area contributed by atoms with Gasteiger partial charge in [-0.05, 0) is 30.0 Å². The van der Waals surface area contributed by atoms with Crippen molar-refractivity contribution in [1.82, 2.24) is 10.2 Å². The summed E-state index contributed by atoms with van der Waals surface area (Å²) in [6.07, 6.45) is 1.50. The molecule has 1 amide bonds. The zero-order valence-corrected chi connectivity index (χ0v) is 14.2. The van der Waals surface area contributed by atoms with Crippen molar-refractivity contribution in [2.24, 2.45) is 11.1 Å². The van der Waals surface area contributed by atoms with E-state index in [1.807, 2.05) is 24.3 Å². The Morgan fingerprint density at radius 2 is 2.18 bits per heavy atom. The van der Waals surface area contributed by atoms with E-state index in [2.05, 4.69) is 24.1 Å². The largest absolute Gasteiger partial charge is 0.352 e. The molecule has 0 saturated carbocycles. The van der Waals surface area contributed by atoms with Gasteiger partial charge in [0, 0.05) is 37.1 Å². The molecule has 5 heteroatoms. The average molecular weight is 324 g/mol. The lowest BCUT2D eigenvalue weighted by molar-refractivity contribution is -0.121. The summed E-state index contributed by atoms with van der Waals surface area (Å²) in [5.41, 5.74) is 7.20. The van der Waals surface area contributed by atoms with E-state index in [1.54, 1.807) is 0 Å². The molecule has 0 aliphatic carbocycles. The summed E-state index contributed by atoms with van der Waals surface area (Å²) in [6.45, 7) is 7.58. The number of piperidine rings is 1. The van der Waals surface area contributed by atoms with Crippen molar-refractivity contribution >= 4 is 17.5 Å². The first-order valence-electron chi connectivity index (χ1n) is 7.86. The van der Waals surface area contributed by atoms with Crippen LogP contribution in [-0.4, -0.2) is 36.5 Å². The van der Waals surface area contributed by atoms with Crippen LogP contribution < -0.4 is 11.1 Å². The Bertz CT molecular complexity index is 518. The van der Waals surface area contributed by atoms with Gasteiger partial charge in [0.25, 0.3) is 0 Å². The predicted molar refractivity (Wildman–Crippen MR) is 90.7 cm³/mol. The zero-order chi connectivity index (χ0) is 16.2. The molecule has 3 N–H and O–H groups in total. The number of likely N-dealkylation sites (tertiary alicyclic amines) is 1. The highest BCUT2D eigenvalue weighted by Crippen LogP contribution is 2.27. The van der Waals surface area contributed by atoms with Gasteiger partial charge in [-0.1, -0.05) is 43.6 Å². The van der Waals surface area contributed by atoms with Crippen molar-refractivity contribution in [3.05, 3.63) is 34.9 Å². The molecular weight excluding hydrogens is 298 g/mol. The molecule has 1 atom stereocenters. The molecule has 4 nitrogen and oxygen atoms in total. The van der Waals surface area contributed by atoms with Crippen LogP contribution >= 0.6 is 11.6 Å². The van der Waals surface area contributed by atoms with Crippen LogP contribution in [-0.2, 0) is 11.3 Å². The highest BCUT2D eigenvalue weighted by molar-refractivity contribution is 6.31. The molecule has 0 radical (unpaired) electrons. The molecule has 2 rings (SSSR count). The number of halogens is 1. The number of rotatable bonds is 5. The Labute approximate surface area is 138 Å². The molecule has 0 aromatic heterocycles. The minimum Gasteiger partial charge on any atom is -0.352 e. The van der Waals surface area contributed by atoms with Crippen molar-refractivity contribution in [2.45, 2.75) is 39.3 Å². The van der Waals surface area contributed by atoms with Gasteiger partial charge in [0.05, 0.1) is 0 Å². The van der Waals surface area contributed by atoms with Gasteiger partial charge in [0.15, 0.2) is 0 Å². The molecule has 22 heavy (non-hydrogen) atoms. The smallest absolute Gasteiger partial charge is 0.221 e. The van der Waals surface area contributed by atoms with Crippen molar-refractivity contribution in [3.63, 3.8) is 0 Å². The van der Waals surface area contributed by atoms with Gasteiger partial charge < -0.3 is 16.0 Å². The number of nitrogens with one attached hydrogen (secondary N) is 1. The Balaban J connectivity index is 1.73. The van der Waals surface area contributed by atoms with E-state index >= 15 is 0 Å². The summed E-state index contributed by atoms with van der Waals surface area (Å²) < 4.78 is 0. The second kappa shape index (κ2) is 7.44. The summed E-state index contributed by atoms with van der Waals surface area (Å²) in [6, 6.07) is 7.82. The topological polar surface area (TPSA) is 58.4 Å². The van der Waals surface area contributed by atoms with E-state index in [1.165, 1.54) is 0 Å². The molecule has 122 valence electrons. The molecule has 1 aromatic carbocycles. The van der Waals surface area contributed by atoms with E-state index in [-0.39, 0.29) is 17.4 Å². The fourth-order valence-corrected chi connectivity index (χ4v) is 3.06. The van der Waals surface area contributed by atoms with Crippen LogP contribution in [0.5, 0.6) is 0 Å². The maximum atomic E-state index is 12.0. The Hall–Kier alpha value is -1.10. The molecule has 1 aliphatic rings. The van der Waals surface area contributed by atoms with Gasteiger partial charge in [-0.15, -0.1) is 0 Å². The molecule has 0 bridgehead atoms. The van der Waals surface area contributed by atoms with Gasteiger partial charge in [-0.25, -0.2) is 0 Å². The number of carbonyl (C=O) groups is 1. The standard InChI is InChI=1S/C17H26ClN3O/c1-17(2)12-21(9-7-15(17)19)10-8-16(22)20-11-13-5-3-4-6-14(13)18/h3-6,15H,7-12,19H2,1-2H3,(H,20,22). The molecule has 1 aromatic rings. The molecule has 1 fully saturated rings. The summed E-state index contributed by atoms with van der Waals surface area (Å²) in [5.74, 6) is 0.0626. The first-order valence-corrected chi connectivity index (χ1v) is 8.24. The number of amides is 1. The van der Waals surface area contributed by atoms with Gasteiger partial charge in [0.1, 0.15) is 0 Å². The van der Waals surface area contributed by atoms with Crippen LogP contribution in [0.4, 0.5) is 0 Å². The molecular formula is C17H26ClN3O. The molecule has 0 spiro atoms. The summed E-state index contributed by atoms with van der Waals surface area (Å²) in [4.78, 5) is 14.3. The lowest BCUT2D eigenvalue weighted by Gasteiger charge is -2.42. The fraction of sp³-hybridized carbons (Fsp3) is 0.588. The first kappa shape index (κ1) is 17.3. The molecule has 1 unspecified atom stereocenters. The van der Waals surface area contributed by atoms with E-state index in [9.17, 15) is 4.79 Å². The van der Waals surface area contributed by atoms with Gasteiger partial charge >= 0.3 is 0 Å². The summed E-state index contributed by atoms with van der Waals surface area (Å²) in [5, 5.41) is 3.62. The number of benzene rings is 1. The number of nitrogens with two attached hydrogens (primary N) is 1. The monoisotopic (exact) mass is 323 g/mol. The second-order valence-corrected chi connectivity index (χ2v) is 7.19. The minimum absolute atomic E-state index is 0.0626. The maximum Gasteiger partial charge on any atom is 0.221 e. The molecule has 1 saturated heterocycles. The third-order valence-corrected chi connectivity index (χ3v) is 4.85. The molecule has 1 aliphatic heterocycles. The number of nitrogens with zero attached hydrogens (tertiary/aromatic N) is 1. The SMILES string of the molecule is CC1(C)CN(CCC(=O)NCc2ccccc2Cl)CCC1N. The zero-order valence-electron chi connectivity index (χ0n) is 13.4. The van der Waals surface area contributed by atoms with Crippen molar-refractivity contribution in [1.29, 1.82) is 0 Å². The summed E-state index contributed by atoms with van der Waals surface area (Å²) in [7, 11) is 0. The predicted octanol–water partition coefficient (Wildman–Crippen LogP) is 2.41. The van der Waals surface area contributed by atoms with Crippen molar-refractivity contribution in [3.8, 4) is 0 Å². The third kappa shape index (κ3) is 4.70. The van der Waals surface area contributed by atoms with Crippen molar-refractivity contribution in [2.75, 3.05) is 19.6 Å². The van der Waals surface area contributed by atoms with Crippen molar-refractivity contribution < 1.29 is 4.79 Å². The van der Waals surface area contributed by atoms with Crippen LogP contribution in [0.25, 0.3) is 0 Å². The van der Waals surface area contributed by atoms with E-state index in [0.717, 1.165) is 31.6 Å². The normalized spacial score (nSPS) is 21.5. The Morgan fingerprint density at radius 3 is 2.86 bits per heavy atom. The van der Waals surface area contributed by atoms with Crippen LogP contribution in [0, 0.1) is 5.41 Å². The molecule has 1 heterocycles. The Morgan fingerprint density at radius 1 is 1.45 bits per heavy atom. The maximum absolute atomic E-state index is 12.0. The van der Waals surface area contributed by atoms with Gasteiger partial charge in [-0.2, -0.15) is 0 Å². The van der Waals surface area contributed by atoms with Crippen LogP contribution in [0.2, 0.25) is 5.02 Å². The number of carbonyl (C=O) groups excluding carboxylic acids is 1. The third-order valence-electron chi connectivity index (χ3n) is 4.48. The number of hydrogen-bond acceptors (Lipinski definition) is 3. The lowest BCUT2D eigenvalue weighted by atomic mass is 9.80. The van der Waals surface area contributed by atoms with Crippen LogP contribution in [0.15, 0.2) is 24.3 Å². The van der Waals surface area contributed by atoms with Gasteiger partial charge in [0.2, 0.25) is 5.91 Å². The summed E-state index contributed by atoms with van der Waals surface area (Å²) >= 11 is 6.08. The minimum atomic E-state index is 0.0626. The fourth-order valence-electron chi connectivity index (χ4n) is 2.86. The van der Waals surface area contributed by atoms with E-state index in [4.69, 9.17) is 17.3 Å². The van der Waals surface area contributed by atoms with E-state index in [0.29, 0.717) is 18.0 Å². The lowest BCUT2D eigenvalue weighted by Crippen LogP contribution is -2.52. The number of hydrogen-bond donors (Lipinski definition) is 2.